The Morgan fingerprint density at radius 3 is 2.50 bits per heavy atom. The van der Waals surface area contributed by atoms with Gasteiger partial charge in [0.1, 0.15) is 0 Å². The predicted octanol–water partition coefficient (Wildman–Crippen LogP) is 4.67. The molecule has 0 fully saturated rings. The number of H-pyrrole nitrogens is 1. The molecule has 0 aliphatic heterocycles. The van der Waals surface area contributed by atoms with Gasteiger partial charge in [0.2, 0.25) is 0 Å². The van der Waals surface area contributed by atoms with E-state index in [0.29, 0.717) is 10.0 Å². The predicted molar refractivity (Wildman–Crippen MR) is 79.6 cm³/mol. The summed E-state index contributed by atoms with van der Waals surface area (Å²) >= 11 is 12.3. The Kier molecular flexibility index (Phi) is 3.63. The number of aromatic amines is 1. The van der Waals surface area contributed by atoms with Crippen molar-refractivity contribution in [2.75, 3.05) is 0 Å². The maximum absolute atomic E-state index is 6.20. The zero-order valence-electron chi connectivity index (χ0n) is 11.1. The van der Waals surface area contributed by atoms with Gasteiger partial charge in [-0.1, -0.05) is 23.2 Å². The van der Waals surface area contributed by atoms with Crippen LogP contribution in [0, 0.1) is 6.92 Å². The van der Waals surface area contributed by atoms with Gasteiger partial charge in [-0.3, -0.25) is 0 Å². The number of nitrogens with one attached hydrogen (secondary N) is 2. The van der Waals surface area contributed by atoms with Crippen LogP contribution in [-0.4, -0.2) is 10.5 Å². The van der Waals surface area contributed by atoms with Gasteiger partial charge in [-0.2, -0.15) is 0 Å². The molecule has 0 amide bonds. The third-order valence-electron chi connectivity index (χ3n) is 2.94. The number of rotatable bonds is 2. The van der Waals surface area contributed by atoms with Crippen LogP contribution in [0.25, 0.3) is 10.9 Å². The maximum atomic E-state index is 6.20. The topological polar surface area (TPSA) is 27.8 Å². The molecule has 2 aromatic rings. The third kappa shape index (κ3) is 2.82. The van der Waals surface area contributed by atoms with E-state index in [1.54, 1.807) is 6.07 Å². The second-order valence-corrected chi connectivity index (χ2v) is 6.49. The summed E-state index contributed by atoms with van der Waals surface area (Å²) in [5, 5.41) is 5.93. The first kappa shape index (κ1) is 13.7. The SMILES string of the molecule is Cc1[nH]c2c(Cl)cc(Cl)cc2c1CNC(C)(C)C. The summed E-state index contributed by atoms with van der Waals surface area (Å²) < 4.78 is 0. The summed E-state index contributed by atoms with van der Waals surface area (Å²) in [7, 11) is 0. The Bertz CT molecular complexity index is 579. The summed E-state index contributed by atoms with van der Waals surface area (Å²) in [6.07, 6.45) is 0. The van der Waals surface area contributed by atoms with Crippen molar-refractivity contribution in [1.82, 2.24) is 10.3 Å². The minimum atomic E-state index is 0.0817. The molecule has 0 unspecified atom stereocenters. The Balaban J connectivity index is 2.47. The van der Waals surface area contributed by atoms with E-state index in [1.807, 2.05) is 6.07 Å². The van der Waals surface area contributed by atoms with Gasteiger partial charge < -0.3 is 10.3 Å². The molecule has 0 aliphatic carbocycles. The first-order valence-corrected chi connectivity index (χ1v) is 6.75. The van der Waals surface area contributed by atoms with Gasteiger partial charge >= 0.3 is 0 Å². The molecule has 0 saturated heterocycles. The molecule has 2 N–H and O–H groups in total. The third-order valence-corrected chi connectivity index (χ3v) is 3.46. The molecule has 0 atom stereocenters. The lowest BCUT2D eigenvalue weighted by Gasteiger charge is -2.20. The van der Waals surface area contributed by atoms with E-state index in [-0.39, 0.29) is 5.54 Å². The van der Waals surface area contributed by atoms with Crippen molar-refractivity contribution in [1.29, 1.82) is 0 Å². The molecule has 0 radical (unpaired) electrons. The molecule has 18 heavy (non-hydrogen) atoms. The number of aryl methyl sites for hydroxylation is 1. The zero-order chi connectivity index (χ0) is 13.5. The highest BCUT2D eigenvalue weighted by atomic mass is 35.5. The summed E-state index contributed by atoms with van der Waals surface area (Å²) in [6, 6.07) is 3.73. The van der Waals surface area contributed by atoms with Crippen molar-refractivity contribution >= 4 is 34.1 Å². The second-order valence-electron chi connectivity index (χ2n) is 5.64. The maximum Gasteiger partial charge on any atom is 0.0662 e. The highest BCUT2D eigenvalue weighted by molar-refractivity contribution is 6.38. The van der Waals surface area contributed by atoms with Crippen LogP contribution in [0.1, 0.15) is 32.0 Å². The standard InChI is InChI=1S/C14H18Cl2N2/c1-8-11(7-17-14(2,3)4)10-5-9(15)6-12(16)13(10)18-8/h5-6,17-18H,7H2,1-4H3. The molecular weight excluding hydrogens is 267 g/mol. The molecule has 1 aromatic heterocycles. The van der Waals surface area contributed by atoms with Crippen molar-refractivity contribution in [2.24, 2.45) is 0 Å². The number of hydrogen-bond donors (Lipinski definition) is 2. The van der Waals surface area contributed by atoms with Gasteiger partial charge in [0.05, 0.1) is 10.5 Å². The lowest BCUT2D eigenvalue weighted by atomic mass is 10.1. The van der Waals surface area contributed by atoms with Crippen LogP contribution in [-0.2, 0) is 6.54 Å². The molecular formula is C14H18Cl2N2. The van der Waals surface area contributed by atoms with E-state index in [4.69, 9.17) is 23.2 Å². The fourth-order valence-corrected chi connectivity index (χ4v) is 2.53. The molecule has 2 rings (SSSR count). The van der Waals surface area contributed by atoms with Crippen LogP contribution in [0.2, 0.25) is 10.0 Å². The quantitative estimate of drug-likeness (QED) is 0.824. The summed E-state index contributed by atoms with van der Waals surface area (Å²) in [4.78, 5) is 3.33. The van der Waals surface area contributed by atoms with Gasteiger partial charge in [-0.25, -0.2) is 0 Å². The van der Waals surface area contributed by atoms with Gasteiger partial charge in [0.15, 0.2) is 0 Å². The van der Waals surface area contributed by atoms with E-state index >= 15 is 0 Å². The summed E-state index contributed by atoms with van der Waals surface area (Å²) in [5.41, 5.74) is 3.40. The van der Waals surface area contributed by atoms with Gasteiger partial charge in [0.25, 0.3) is 0 Å². The molecule has 1 aromatic carbocycles. The van der Waals surface area contributed by atoms with E-state index in [2.05, 4.69) is 38.0 Å². The van der Waals surface area contributed by atoms with Gasteiger partial charge in [-0.05, 0) is 45.4 Å². The Morgan fingerprint density at radius 1 is 1.22 bits per heavy atom. The Hall–Kier alpha value is -0.700. The molecule has 2 nitrogen and oxygen atoms in total. The van der Waals surface area contributed by atoms with Crippen molar-refractivity contribution in [3.8, 4) is 0 Å². The molecule has 0 aliphatic rings. The normalized spacial score (nSPS) is 12.3. The number of benzene rings is 1. The zero-order valence-corrected chi connectivity index (χ0v) is 12.6. The van der Waals surface area contributed by atoms with Crippen molar-refractivity contribution in [2.45, 2.75) is 39.8 Å². The van der Waals surface area contributed by atoms with Crippen LogP contribution in [0.3, 0.4) is 0 Å². The molecule has 0 spiro atoms. The largest absolute Gasteiger partial charge is 0.357 e. The van der Waals surface area contributed by atoms with Crippen LogP contribution in [0.15, 0.2) is 12.1 Å². The highest BCUT2D eigenvalue weighted by Crippen LogP contribution is 2.31. The van der Waals surface area contributed by atoms with E-state index in [9.17, 15) is 0 Å². The molecule has 4 heteroatoms. The highest BCUT2D eigenvalue weighted by Gasteiger charge is 2.15. The minimum absolute atomic E-state index is 0.0817. The van der Waals surface area contributed by atoms with Gasteiger partial charge in [-0.15, -0.1) is 0 Å². The Morgan fingerprint density at radius 2 is 1.89 bits per heavy atom. The molecule has 98 valence electrons. The number of halogens is 2. The van der Waals surface area contributed by atoms with Crippen LogP contribution in [0.5, 0.6) is 0 Å². The van der Waals surface area contributed by atoms with E-state index in [0.717, 1.165) is 23.1 Å². The fourth-order valence-electron chi connectivity index (χ4n) is 1.98. The average Bonchev–Trinajstić information content (AvgIpc) is 2.51. The Labute approximate surface area is 118 Å². The van der Waals surface area contributed by atoms with E-state index in [1.165, 1.54) is 5.56 Å². The lowest BCUT2D eigenvalue weighted by molar-refractivity contribution is 0.424. The lowest BCUT2D eigenvalue weighted by Crippen LogP contribution is -2.35. The van der Waals surface area contributed by atoms with Crippen LogP contribution in [0.4, 0.5) is 0 Å². The average molecular weight is 285 g/mol. The molecule has 1 heterocycles. The first-order valence-electron chi connectivity index (χ1n) is 5.99. The van der Waals surface area contributed by atoms with Gasteiger partial charge in [0, 0.05) is 28.2 Å². The monoisotopic (exact) mass is 284 g/mol. The van der Waals surface area contributed by atoms with Crippen LogP contribution < -0.4 is 5.32 Å². The molecule has 0 bridgehead atoms. The molecule has 0 saturated carbocycles. The second kappa shape index (κ2) is 4.76. The van der Waals surface area contributed by atoms with E-state index < -0.39 is 0 Å². The number of fused-ring (bicyclic) bond motifs is 1. The minimum Gasteiger partial charge on any atom is -0.357 e. The summed E-state index contributed by atoms with van der Waals surface area (Å²) in [5.74, 6) is 0. The number of hydrogen-bond acceptors (Lipinski definition) is 1. The van der Waals surface area contributed by atoms with Crippen molar-refractivity contribution in [3.63, 3.8) is 0 Å². The van der Waals surface area contributed by atoms with Crippen molar-refractivity contribution in [3.05, 3.63) is 33.4 Å². The fraction of sp³-hybridized carbons (Fsp3) is 0.429. The smallest absolute Gasteiger partial charge is 0.0662 e. The summed E-state index contributed by atoms with van der Waals surface area (Å²) in [6.45, 7) is 9.31. The first-order chi connectivity index (χ1) is 8.28. The van der Waals surface area contributed by atoms with Crippen molar-refractivity contribution < 1.29 is 0 Å². The van der Waals surface area contributed by atoms with Crippen LogP contribution >= 0.6 is 23.2 Å². The number of aromatic nitrogens is 1.